The molecule has 0 amide bonds. The fourth-order valence-corrected chi connectivity index (χ4v) is 2.39. The maximum atomic E-state index is 11.0. The Morgan fingerprint density at radius 2 is 2.19 bits per heavy atom. The summed E-state index contributed by atoms with van der Waals surface area (Å²) in [6.07, 6.45) is 0. The molecule has 3 nitrogen and oxygen atoms in total. The number of aryl methyl sites for hydroxylation is 1. The van der Waals surface area contributed by atoms with E-state index in [2.05, 4.69) is 20.9 Å². The molecule has 0 unspecified atom stereocenters. The number of hydrogen-bond donors (Lipinski definition) is 1. The predicted octanol–water partition coefficient (Wildman–Crippen LogP) is 3.66. The molecule has 0 bridgehead atoms. The van der Waals surface area contributed by atoms with Crippen molar-refractivity contribution in [2.45, 2.75) is 6.92 Å². The number of pyridine rings is 1. The maximum absolute atomic E-state index is 11.0. The number of aromatic carboxylic acids is 1. The summed E-state index contributed by atoms with van der Waals surface area (Å²) < 4.78 is 0.798. The molecule has 0 aliphatic carbocycles. The summed E-state index contributed by atoms with van der Waals surface area (Å²) in [5.41, 5.74) is 1.37. The number of carboxylic acid groups (broad SMARTS) is 1. The summed E-state index contributed by atoms with van der Waals surface area (Å²) in [6.45, 7) is 1.73. The normalized spacial score (nSPS) is 10.7. The van der Waals surface area contributed by atoms with Crippen molar-refractivity contribution in [3.05, 3.63) is 39.0 Å². The number of aromatic nitrogens is 1. The van der Waals surface area contributed by atoms with Crippen LogP contribution in [-0.4, -0.2) is 16.1 Å². The molecule has 2 aromatic rings. The predicted molar refractivity (Wildman–Crippen MR) is 66.1 cm³/mol. The van der Waals surface area contributed by atoms with Crippen molar-refractivity contribution >= 4 is 44.4 Å². The minimum atomic E-state index is -1.06. The van der Waals surface area contributed by atoms with Crippen molar-refractivity contribution in [1.82, 2.24) is 4.98 Å². The Bertz CT molecular complexity index is 598. The molecule has 0 spiro atoms. The molecule has 0 saturated carbocycles. The number of rotatable bonds is 1. The van der Waals surface area contributed by atoms with Gasteiger partial charge in [-0.05, 0) is 34.5 Å². The quantitative estimate of drug-likeness (QED) is 0.818. The van der Waals surface area contributed by atoms with E-state index in [1.165, 1.54) is 0 Å². The van der Waals surface area contributed by atoms with Crippen LogP contribution in [0, 0.1) is 6.92 Å². The van der Waals surface area contributed by atoms with Gasteiger partial charge in [0.2, 0.25) is 0 Å². The van der Waals surface area contributed by atoms with Crippen molar-refractivity contribution in [2.24, 2.45) is 0 Å². The molecular weight excluding hydrogens is 293 g/mol. The second kappa shape index (κ2) is 4.03. The van der Waals surface area contributed by atoms with Gasteiger partial charge in [-0.3, -0.25) is 0 Å². The number of hydrogen-bond acceptors (Lipinski definition) is 2. The second-order valence-corrected chi connectivity index (χ2v) is 4.56. The molecule has 5 heteroatoms. The number of fused-ring (bicyclic) bond motifs is 1. The lowest BCUT2D eigenvalue weighted by atomic mass is 10.1. The van der Waals surface area contributed by atoms with Gasteiger partial charge in [0.1, 0.15) is 10.7 Å². The minimum Gasteiger partial charge on any atom is -0.478 e. The number of carboxylic acids is 1. The van der Waals surface area contributed by atoms with Gasteiger partial charge in [0, 0.05) is 9.86 Å². The van der Waals surface area contributed by atoms with Crippen molar-refractivity contribution < 1.29 is 9.90 Å². The molecule has 0 saturated heterocycles. The van der Waals surface area contributed by atoms with Gasteiger partial charge in [0.25, 0.3) is 0 Å². The molecule has 1 N–H and O–H groups in total. The smallest absolute Gasteiger partial charge is 0.339 e. The number of benzene rings is 1. The summed E-state index contributed by atoms with van der Waals surface area (Å²) in [7, 11) is 0. The van der Waals surface area contributed by atoms with Gasteiger partial charge in [-0.2, -0.15) is 0 Å². The number of carbonyl (C=O) groups is 1. The maximum Gasteiger partial charge on any atom is 0.339 e. The first-order valence-electron chi connectivity index (χ1n) is 4.50. The van der Waals surface area contributed by atoms with Crippen LogP contribution in [0.3, 0.4) is 0 Å². The third-order valence-electron chi connectivity index (χ3n) is 2.40. The molecule has 0 radical (unpaired) electrons. The molecule has 16 heavy (non-hydrogen) atoms. The highest BCUT2D eigenvalue weighted by atomic mass is 79.9. The van der Waals surface area contributed by atoms with Crippen LogP contribution in [0.15, 0.2) is 22.7 Å². The van der Waals surface area contributed by atoms with E-state index in [1.807, 2.05) is 18.2 Å². The van der Waals surface area contributed by atoms with Crippen LogP contribution in [0.25, 0.3) is 10.9 Å². The van der Waals surface area contributed by atoms with E-state index in [-0.39, 0.29) is 10.7 Å². The van der Waals surface area contributed by atoms with Gasteiger partial charge in [0.15, 0.2) is 0 Å². The molecule has 1 heterocycles. The van der Waals surface area contributed by atoms with Crippen LogP contribution >= 0.6 is 27.5 Å². The van der Waals surface area contributed by atoms with Crippen molar-refractivity contribution in [3.63, 3.8) is 0 Å². The largest absolute Gasteiger partial charge is 0.478 e. The van der Waals surface area contributed by atoms with Gasteiger partial charge in [-0.25, -0.2) is 9.78 Å². The van der Waals surface area contributed by atoms with Gasteiger partial charge < -0.3 is 5.11 Å². The molecule has 1 aromatic carbocycles. The molecule has 0 aliphatic rings. The lowest BCUT2D eigenvalue weighted by molar-refractivity contribution is 0.0696. The fraction of sp³-hybridized carbons (Fsp3) is 0.0909. The van der Waals surface area contributed by atoms with Crippen molar-refractivity contribution in [3.8, 4) is 0 Å². The summed E-state index contributed by atoms with van der Waals surface area (Å²) in [5.74, 6) is -1.06. The van der Waals surface area contributed by atoms with Crippen molar-refractivity contribution in [1.29, 1.82) is 0 Å². The summed E-state index contributed by atoms with van der Waals surface area (Å²) in [5, 5.41) is 9.85. The zero-order chi connectivity index (χ0) is 11.9. The lowest BCUT2D eigenvalue weighted by Crippen LogP contribution is -2.03. The van der Waals surface area contributed by atoms with E-state index in [0.717, 1.165) is 9.86 Å². The molecule has 0 aliphatic heterocycles. The van der Waals surface area contributed by atoms with E-state index >= 15 is 0 Å². The molecule has 82 valence electrons. The highest BCUT2D eigenvalue weighted by molar-refractivity contribution is 9.10. The van der Waals surface area contributed by atoms with Gasteiger partial charge in [0.05, 0.1) is 5.52 Å². The van der Waals surface area contributed by atoms with Crippen LogP contribution in [0.1, 0.15) is 15.9 Å². The van der Waals surface area contributed by atoms with E-state index in [1.54, 1.807) is 6.92 Å². The topological polar surface area (TPSA) is 50.2 Å². The van der Waals surface area contributed by atoms with E-state index in [9.17, 15) is 4.79 Å². The first kappa shape index (κ1) is 11.4. The number of para-hydroxylation sites is 1. The van der Waals surface area contributed by atoms with Gasteiger partial charge >= 0.3 is 5.97 Å². The van der Waals surface area contributed by atoms with Crippen LogP contribution in [0.4, 0.5) is 0 Å². The Morgan fingerprint density at radius 1 is 1.50 bits per heavy atom. The van der Waals surface area contributed by atoms with Crippen LogP contribution in [0.5, 0.6) is 0 Å². The lowest BCUT2D eigenvalue weighted by Gasteiger charge is -2.08. The summed E-state index contributed by atoms with van der Waals surface area (Å²) in [4.78, 5) is 15.1. The average molecular weight is 301 g/mol. The first-order chi connectivity index (χ1) is 7.52. The van der Waals surface area contributed by atoms with Gasteiger partial charge in [-0.1, -0.05) is 23.7 Å². The third-order valence-corrected chi connectivity index (χ3v) is 3.31. The summed E-state index contributed by atoms with van der Waals surface area (Å²) in [6, 6.07) is 5.50. The Labute approximate surface area is 105 Å². The molecule has 0 atom stereocenters. The second-order valence-electron chi connectivity index (χ2n) is 3.34. The zero-order valence-electron chi connectivity index (χ0n) is 8.29. The average Bonchev–Trinajstić information content (AvgIpc) is 2.19. The SMILES string of the molecule is Cc1c(C(=O)O)c(Cl)nc2c(Br)cccc12. The third kappa shape index (κ3) is 1.68. The minimum absolute atomic E-state index is 0.0180. The molecule has 1 aromatic heterocycles. The van der Waals surface area contributed by atoms with Gasteiger partial charge in [-0.15, -0.1) is 0 Å². The molecule has 0 fully saturated rings. The number of nitrogens with zero attached hydrogens (tertiary/aromatic N) is 1. The molecular formula is C11H7BrClNO2. The Kier molecular flexibility index (Phi) is 2.86. The van der Waals surface area contributed by atoms with Crippen LogP contribution in [-0.2, 0) is 0 Å². The van der Waals surface area contributed by atoms with E-state index < -0.39 is 5.97 Å². The van der Waals surface area contributed by atoms with Crippen molar-refractivity contribution in [2.75, 3.05) is 0 Å². The number of halogens is 2. The Hall–Kier alpha value is -1.13. The highest BCUT2D eigenvalue weighted by Crippen LogP contribution is 2.30. The van der Waals surface area contributed by atoms with Crippen LogP contribution in [0.2, 0.25) is 5.15 Å². The summed E-state index contributed by atoms with van der Waals surface area (Å²) >= 11 is 9.22. The monoisotopic (exact) mass is 299 g/mol. The Balaban J connectivity index is 2.94. The zero-order valence-corrected chi connectivity index (χ0v) is 10.6. The standard InChI is InChI=1S/C11H7BrClNO2/c1-5-6-3-2-4-7(12)9(6)14-10(13)8(5)11(15)16/h2-4H,1H3,(H,15,16). The highest BCUT2D eigenvalue weighted by Gasteiger charge is 2.17. The first-order valence-corrected chi connectivity index (χ1v) is 5.67. The van der Waals surface area contributed by atoms with E-state index in [0.29, 0.717) is 11.1 Å². The van der Waals surface area contributed by atoms with E-state index in [4.69, 9.17) is 16.7 Å². The molecule has 2 rings (SSSR count). The fourth-order valence-electron chi connectivity index (χ4n) is 1.62. The van der Waals surface area contributed by atoms with Crippen LogP contribution < -0.4 is 0 Å². The Morgan fingerprint density at radius 3 is 2.81 bits per heavy atom.